The molecule has 0 saturated carbocycles. The summed E-state index contributed by atoms with van der Waals surface area (Å²) in [5.74, 6) is 0.629. The van der Waals surface area contributed by atoms with Gasteiger partial charge in [-0.1, -0.05) is 0 Å². The molecule has 1 aliphatic rings. The van der Waals surface area contributed by atoms with Gasteiger partial charge in [0.05, 0.1) is 16.5 Å². The fourth-order valence-corrected chi connectivity index (χ4v) is 5.69. The first-order valence-electron chi connectivity index (χ1n) is 5.71. The van der Waals surface area contributed by atoms with Gasteiger partial charge >= 0.3 is 0 Å². The molecule has 6 heteroatoms. The Kier molecular flexibility index (Phi) is 3.56. The highest BCUT2D eigenvalue weighted by Crippen LogP contribution is 2.36. The molecule has 0 bridgehead atoms. The average molecular weight is 274 g/mol. The maximum absolute atomic E-state index is 11.7. The number of sulfone groups is 1. The molecule has 0 amide bonds. The van der Waals surface area contributed by atoms with E-state index in [0.29, 0.717) is 11.5 Å². The predicted octanol–water partition coefficient (Wildman–Crippen LogP) is 1.02. The first-order chi connectivity index (χ1) is 7.95. The van der Waals surface area contributed by atoms with E-state index in [4.69, 9.17) is 0 Å². The number of hydrogen-bond acceptors (Lipinski definition) is 5. The molecule has 0 aliphatic carbocycles. The molecular weight excluding hydrogens is 256 g/mol. The largest absolute Gasteiger partial charge is 0.319 e. The zero-order valence-corrected chi connectivity index (χ0v) is 11.8. The third-order valence-corrected chi connectivity index (χ3v) is 6.03. The van der Waals surface area contributed by atoms with E-state index < -0.39 is 9.84 Å². The van der Waals surface area contributed by atoms with Crippen LogP contribution in [0.2, 0.25) is 0 Å². The Morgan fingerprint density at radius 3 is 2.82 bits per heavy atom. The number of aromatic nitrogens is 1. The summed E-state index contributed by atoms with van der Waals surface area (Å²) in [5, 5.41) is 4.18. The number of nitrogens with zero attached hydrogens (tertiary/aromatic N) is 1. The van der Waals surface area contributed by atoms with Gasteiger partial charge in [0.2, 0.25) is 0 Å². The van der Waals surface area contributed by atoms with Gasteiger partial charge < -0.3 is 5.32 Å². The molecule has 96 valence electrons. The Balaban J connectivity index is 2.18. The van der Waals surface area contributed by atoms with Gasteiger partial charge in [0.1, 0.15) is 0 Å². The summed E-state index contributed by atoms with van der Waals surface area (Å²) in [4.78, 5) is 5.42. The van der Waals surface area contributed by atoms with Crippen LogP contribution >= 0.6 is 11.3 Å². The predicted molar refractivity (Wildman–Crippen MR) is 70.2 cm³/mol. The Bertz CT molecular complexity index is 495. The maximum Gasteiger partial charge on any atom is 0.150 e. The molecule has 0 aromatic carbocycles. The number of aryl methyl sites for hydroxylation is 1. The summed E-state index contributed by atoms with van der Waals surface area (Å²) in [5.41, 5.74) is -0.132. The summed E-state index contributed by atoms with van der Waals surface area (Å²) in [6.07, 6.45) is 3.45. The van der Waals surface area contributed by atoms with Crippen LogP contribution in [-0.4, -0.2) is 38.5 Å². The summed E-state index contributed by atoms with van der Waals surface area (Å²) in [6, 6.07) is 0. The van der Waals surface area contributed by atoms with E-state index in [2.05, 4.69) is 10.3 Å². The van der Waals surface area contributed by atoms with Crippen LogP contribution in [0.3, 0.4) is 0 Å². The monoisotopic (exact) mass is 274 g/mol. The molecule has 1 fully saturated rings. The van der Waals surface area contributed by atoms with Gasteiger partial charge in [0.25, 0.3) is 0 Å². The smallest absolute Gasteiger partial charge is 0.150 e. The van der Waals surface area contributed by atoms with Crippen molar-refractivity contribution < 1.29 is 8.42 Å². The molecule has 2 rings (SSSR count). The van der Waals surface area contributed by atoms with E-state index in [1.54, 1.807) is 11.3 Å². The van der Waals surface area contributed by atoms with Crippen molar-refractivity contribution in [3.05, 3.63) is 16.1 Å². The second-order valence-electron chi connectivity index (χ2n) is 4.89. The van der Waals surface area contributed by atoms with E-state index >= 15 is 0 Å². The van der Waals surface area contributed by atoms with Gasteiger partial charge in [-0.3, -0.25) is 0 Å². The normalized spacial score (nSPS) is 27.4. The van der Waals surface area contributed by atoms with Crippen molar-refractivity contribution in [2.75, 3.05) is 25.1 Å². The van der Waals surface area contributed by atoms with Gasteiger partial charge in [-0.25, -0.2) is 13.4 Å². The Morgan fingerprint density at radius 1 is 1.59 bits per heavy atom. The number of rotatable bonds is 4. The zero-order valence-electron chi connectivity index (χ0n) is 10.2. The first-order valence-corrected chi connectivity index (χ1v) is 8.35. The Labute approximate surface area is 106 Å². The third kappa shape index (κ3) is 3.05. The van der Waals surface area contributed by atoms with Crippen molar-refractivity contribution in [2.45, 2.75) is 19.8 Å². The minimum atomic E-state index is -2.85. The summed E-state index contributed by atoms with van der Waals surface area (Å²) in [6.45, 7) is 2.73. The van der Waals surface area contributed by atoms with Crippen molar-refractivity contribution in [2.24, 2.45) is 5.41 Å². The molecule has 1 aliphatic heterocycles. The minimum absolute atomic E-state index is 0.132. The molecule has 1 unspecified atom stereocenters. The van der Waals surface area contributed by atoms with Gasteiger partial charge in [-0.05, 0) is 26.8 Å². The summed E-state index contributed by atoms with van der Waals surface area (Å²) in [7, 11) is -0.966. The third-order valence-electron chi connectivity index (χ3n) is 3.24. The standard InChI is InChI=1S/C11H18N2O2S2/c1-9-13-6-10(16-9)5-11(7-12-2)3-4-17(14,15)8-11/h6,12H,3-5,7-8H2,1-2H3. The van der Waals surface area contributed by atoms with Crippen molar-refractivity contribution in [1.29, 1.82) is 0 Å². The molecule has 1 atom stereocenters. The fourth-order valence-electron chi connectivity index (χ4n) is 2.56. The van der Waals surface area contributed by atoms with Gasteiger partial charge in [-0.15, -0.1) is 11.3 Å². The lowest BCUT2D eigenvalue weighted by Crippen LogP contribution is -2.35. The molecule has 1 N–H and O–H groups in total. The highest BCUT2D eigenvalue weighted by Gasteiger charge is 2.41. The number of hydrogen-bond donors (Lipinski definition) is 1. The lowest BCUT2D eigenvalue weighted by Gasteiger charge is -2.26. The quantitative estimate of drug-likeness (QED) is 0.890. The molecule has 1 aromatic heterocycles. The summed E-state index contributed by atoms with van der Waals surface area (Å²) >= 11 is 1.67. The lowest BCUT2D eigenvalue weighted by molar-refractivity contribution is 0.323. The molecule has 1 aromatic rings. The fraction of sp³-hybridized carbons (Fsp3) is 0.727. The first kappa shape index (κ1) is 13.0. The molecule has 0 radical (unpaired) electrons. The van der Waals surface area contributed by atoms with Crippen molar-refractivity contribution >= 4 is 21.2 Å². The molecule has 1 saturated heterocycles. The van der Waals surface area contributed by atoms with Crippen LogP contribution in [-0.2, 0) is 16.3 Å². The van der Waals surface area contributed by atoms with Crippen LogP contribution in [0.4, 0.5) is 0 Å². The van der Waals surface area contributed by atoms with E-state index in [9.17, 15) is 8.42 Å². The van der Waals surface area contributed by atoms with E-state index in [1.807, 2.05) is 20.2 Å². The lowest BCUT2D eigenvalue weighted by atomic mass is 9.83. The maximum atomic E-state index is 11.7. The topological polar surface area (TPSA) is 59.1 Å². The summed E-state index contributed by atoms with van der Waals surface area (Å²) < 4.78 is 23.4. The molecule has 4 nitrogen and oxygen atoms in total. The van der Waals surface area contributed by atoms with Gasteiger partial charge in [0.15, 0.2) is 9.84 Å². The zero-order chi connectivity index (χ0) is 12.5. The van der Waals surface area contributed by atoms with Gasteiger partial charge in [-0.2, -0.15) is 0 Å². The van der Waals surface area contributed by atoms with Crippen LogP contribution in [0.1, 0.15) is 16.3 Å². The van der Waals surface area contributed by atoms with Gasteiger partial charge in [0, 0.05) is 23.0 Å². The minimum Gasteiger partial charge on any atom is -0.319 e. The number of nitrogens with one attached hydrogen (secondary N) is 1. The highest BCUT2D eigenvalue weighted by atomic mass is 32.2. The second kappa shape index (κ2) is 4.66. The van der Waals surface area contributed by atoms with Crippen LogP contribution in [0.5, 0.6) is 0 Å². The van der Waals surface area contributed by atoms with Crippen LogP contribution in [0.25, 0.3) is 0 Å². The molecule has 17 heavy (non-hydrogen) atoms. The molecule has 0 spiro atoms. The second-order valence-corrected chi connectivity index (χ2v) is 8.40. The van der Waals surface area contributed by atoms with Crippen LogP contribution in [0.15, 0.2) is 6.20 Å². The van der Waals surface area contributed by atoms with E-state index in [1.165, 1.54) is 4.88 Å². The molecule has 2 heterocycles. The Hall–Kier alpha value is -0.460. The van der Waals surface area contributed by atoms with Crippen LogP contribution < -0.4 is 5.32 Å². The van der Waals surface area contributed by atoms with E-state index in [-0.39, 0.29) is 5.41 Å². The van der Waals surface area contributed by atoms with E-state index in [0.717, 1.165) is 24.4 Å². The van der Waals surface area contributed by atoms with Crippen molar-refractivity contribution in [1.82, 2.24) is 10.3 Å². The highest BCUT2D eigenvalue weighted by molar-refractivity contribution is 7.91. The van der Waals surface area contributed by atoms with Crippen LogP contribution in [0, 0.1) is 12.3 Å². The number of thiazole rings is 1. The van der Waals surface area contributed by atoms with Crippen molar-refractivity contribution in [3.8, 4) is 0 Å². The average Bonchev–Trinajstić information content (AvgIpc) is 2.72. The molecular formula is C11H18N2O2S2. The SMILES string of the molecule is CNCC1(Cc2cnc(C)s2)CCS(=O)(=O)C1. The van der Waals surface area contributed by atoms with Crippen molar-refractivity contribution in [3.63, 3.8) is 0 Å². The Morgan fingerprint density at radius 2 is 2.35 bits per heavy atom.